The quantitative estimate of drug-likeness (QED) is 0.575. The van der Waals surface area contributed by atoms with Crippen molar-refractivity contribution in [3.63, 3.8) is 0 Å². The van der Waals surface area contributed by atoms with E-state index in [1.54, 1.807) is 24.3 Å². The van der Waals surface area contributed by atoms with Crippen LogP contribution in [0.1, 0.15) is 15.9 Å². The summed E-state index contributed by atoms with van der Waals surface area (Å²) in [5, 5.41) is 2.83. The molecule has 0 aromatic heterocycles. The molecule has 3 nitrogen and oxygen atoms in total. The summed E-state index contributed by atoms with van der Waals surface area (Å²) in [6, 6.07) is 16.4. The molecule has 122 valence electrons. The van der Waals surface area contributed by atoms with E-state index in [2.05, 4.69) is 0 Å². The highest BCUT2D eigenvalue weighted by atomic mass is 35.5. The van der Waals surface area contributed by atoms with Gasteiger partial charge < -0.3 is 9.47 Å². The molecule has 24 heavy (non-hydrogen) atoms. The molecule has 0 N–H and O–H groups in total. The van der Waals surface area contributed by atoms with E-state index < -0.39 is 5.97 Å². The lowest BCUT2D eigenvalue weighted by Gasteiger charge is -2.11. The van der Waals surface area contributed by atoms with E-state index in [9.17, 15) is 4.79 Å². The van der Waals surface area contributed by atoms with Crippen LogP contribution in [0, 0.1) is 0 Å². The van der Waals surface area contributed by atoms with Crippen LogP contribution >= 0.6 is 23.2 Å². The first-order valence-electron chi connectivity index (χ1n) is 7.26. The van der Waals surface area contributed by atoms with E-state index in [1.165, 1.54) is 7.11 Å². The van der Waals surface area contributed by atoms with Crippen LogP contribution in [0.2, 0.25) is 10.0 Å². The fourth-order valence-corrected chi connectivity index (χ4v) is 2.72. The van der Waals surface area contributed by atoms with Gasteiger partial charge in [0.25, 0.3) is 0 Å². The lowest BCUT2D eigenvalue weighted by Crippen LogP contribution is -2.07. The topological polar surface area (TPSA) is 35.5 Å². The van der Waals surface area contributed by atoms with E-state index in [0.29, 0.717) is 21.4 Å². The van der Waals surface area contributed by atoms with Crippen LogP contribution in [0.15, 0.2) is 54.6 Å². The standard InChI is InChI=1S/C19H14Cl2O3/c1-23-18-10-14-5-3-2-4-13(14)9-15(18)19(22)24-11-12-6-7-16(20)17(21)8-12/h2-10H,11H2,1H3. The summed E-state index contributed by atoms with van der Waals surface area (Å²) in [6.07, 6.45) is 0. The number of ether oxygens (including phenoxy) is 2. The van der Waals surface area contributed by atoms with Crippen LogP contribution in [0.4, 0.5) is 0 Å². The van der Waals surface area contributed by atoms with Gasteiger partial charge >= 0.3 is 5.97 Å². The first-order valence-corrected chi connectivity index (χ1v) is 8.02. The van der Waals surface area contributed by atoms with Gasteiger partial charge in [0, 0.05) is 0 Å². The molecule has 0 amide bonds. The lowest BCUT2D eigenvalue weighted by molar-refractivity contribution is 0.0469. The molecule has 0 unspecified atom stereocenters. The Morgan fingerprint density at radius 1 is 0.958 bits per heavy atom. The Labute approximate surface area is 149 Å². The summed E-state index contributed by atoms with van der Waals surface area (Å²) >= 11 is 11.8. The number of fused-ring (bicyclic) bond motifs is 1. The van der Waals surface area contributed by atoms with Gasteiger partial charge in [0.1, 0.15) is 17.9 Å². The third kappa shape index (κ3) is 3.48. The van der Waals surface area contributed by atoms with Crippen molar-refractivity contribution in [3.8, 4) is 5.75 Å². The first-order chi connectivity index (χ1) is 11.6. The van der Waals surface area contributed by atoms with Gasteiger partial charge in [0.15, 0.2) is 0 Å². The number of rotatable bonds is 4. The minimum atomic E-state index is -0.455. The summed E-state index contributed by atoms with van der Waals surface area (Å²) < 4.78 is 10.7. The van der Waals surface area contributed by atoms with Crippen LogP contribution < -0.4 is 4.74 Å². The van der Waals surface area contributed by atoms with Gasteiger partial charge in [-0.15, -0.1) is 0 Å². The number of carbonyl (C=O) groups is 1. The second-order valence-electron chi connectivity index (χ2n) is 5.22. The molecule has 0 spiro atoms. The van der Waals surface area contributed by atoms with Crippen LogP contribution in [0.3, 0.4) is 0 Å². The Bertz CT molecular complexity index is 906. The van der Waals surface area contributed by atoms with Crippen molar-refractivity contribution >= 4 is 39.9 Å². The molecule has 3 aromatic rings. The smallest absolute Gasteiger partial charge is 0.342 e. The molecule has 0 fully saturated rings. The lowest BCUT2D eigenvalue weighted by atomic mass is 10.1. The van der Waals surface area contributed by atoms with E-state index in [4.69, 9.17) is 32.7 Å². The van der Waals surface area contributed by atoms with E-state index in [-0.39, 0.29) is 6.61 Å². The molecular formula is C19H14Cl2O3. The highest BCUT2D eigenvalue weighted by molar-refractivity contribution is 6.42. The maximum atomic E-state index is 12.4. The van der Waals surface area contributed by atoms with E-state index >= 15 is 0 Å². The molecule has 0 heterocycles. The first kappa shape index (κ1) is 16.6. The molecule has 3 aromatic carbocycles. The summed E-state index contributed by atoms with van der Waals surface area (Å²) in [7, 11) is 1.53. The summed E-state index contributed by atoms with van der Waals surface area (Å²) in [5.41, 5.74) is 1.15. The molecule has 0 atom stereocenters. The van der Waals surface area contributed by atoms with Crippen LogP contribution in [0.25, 0.3) is 10.8 Å². The molecule has 0 aliphatic rings. The predicted octanol–water partition coefficient (Wildman–Crippen LogP) is 5.51. The third-order valence-corrected chi connectivity index (χ3v) is 4.38. The zero-order chi connectivity index (χ0) is 17.1. The second-order valence-corrected chi connectivity index (χ2v) is 6.04. The molecule has 0 aliphatic carbocycles. The van der Waals surface area contributed by atoms with Crippen LogP contribution in [0.5, 0.6) is 5.75 Å². The second kappa shape index (κ2) is 7.12. The Hall–Kier alpha value is -2.23. The number of hydrogen-bond donors (Lipinski definition) is 0. The van der Waals surface area contributed by atoms with Crippen molar-refractivity contribution in [3.05, 3.63) is 75.8 Å². The summed E-state index contributed by atoms with van der Waals surface area (Å²) in [5.74, 6) is 0.0246. The normalized spacial score (nSPS) is 10.6. The van der Waals surface area contributed by atoms with Crippen molar-refractivity contribution in [2.75, 3.05) is 7.11 Å². The Morgan fingerprint density at radius 3 is 2.33 bits per heavy atom. The maximum absolute atomic E-state index is 12.4. The number of halogens is 2. The Morgan fingerprint density at radius 2 is 1.67 bits per heavy atom. The Kier molecular flexibility index (Phi) is 4.93. The predicted molar refractivity (Wildman–Crippen MR) is 96.1 cm³/mol. The number of methoxy groups -OCH3 is 1. The largest absolute Gasteiger partial charge is 0.496 e. The molecular weight excluding hydrogens is 347 g/mol. The minimum absolute atomic E-state index is 0.103. The van der Waals surface area contributed by atoms with Crippen molar-refractivity contribution in [2.45, 2.75) is 6.61 Å². The van der Waals surface area contributed by atoms with Gasteiger partial charge in [0.2, 0.25) is 0 Å². The van der Waals surface area contributed by atoms with Gasteiger partial charge in [-0.2, -0.15) is 0 Å². The molecule has 0 bridgehead atoms. The average molecular weight is 361 g/mol. The van der Waals surface area contributed by atoms with Gasteiger partial charge in [-0.1, -0.05) is 53.5 Å². The van der Waals surface area contributed by atoms with Crippen LogP contribution in [-0.4, -0.2) is 13.1 Å². The molecule has 0 radical (unpaired) electrons. The summed E-state index contributed by atoms with van der Waals surface area (Å²) in [6.45, 7) is 0.103. The SMILES string of the molecule is COc1cc2ccccc2cc1C(=O)OCc1ccc(Cl)c(Cl)c1. The van der Waals surface area contributed by atoms with Crippen molar-refractivity contribution in [2.24, 2.45) is 0 Å². The Balaban J connectivity index is 1.83. The van der Waals surface area contributed by atoms with Gasteiger partial charge in [-0.25, -0.2) is 4.79 Å². The third-order valence-electron chi connectivity index (χ3n) is 3.64. The number of esters is 1. The van der Waals surface area contributed by atoms with Gasteiger partial charge in [-0.05, 0) is 40.6 Å². The van der Waals surface area contributed by atoms with Crippen LogP contribution in [-0.2, 0) is 11.3 Å². The maximum Gasteiger partial charge on any atom is 0.342 e. The molecule has 0 aliphatic heterocycles. The fraction of sp³-hybridized carbons (Fsp3) is 0.105. The highest BCUT2D eigenvalue weighted by Crippen LogP contribution is 2.27. The molecule has 0 saturated heterocycles. The van der Waals surface area contributed by atoms with Gasteiger partial charge in [0.05, 0.1) is 17.2 Å². The van der Waals surface area contributed by atoms with E-state index in [0.717, 1.165) is 16.3 Å². The fourth-order valence-electron chi connectivity index (χ4n) is 2.40. The zero-order valence-electron chi connectivity index (χ0n) is 12.9. The van der Waals surface area contributed by atoms with E-state index in [1.807, 2.05) is 30.3 Å². The highest BCUT2D eigenvalue weighted by Gasteiger charge is 2.15. The molecule has 3 rings (SSSR count). The van der Waals surface area contributed by atoms with Crippen molar-refractivity contribution < 1.29 is 14.3 Å². The molecule has 0 saturated carbocycles. The number of benzene rings is 3. The zero-order valence-corrected chi connectivity index (χ0v) is 14.4. The molecule has 5 heteroatoms. The van der Waals surface area contributed by atoms with Gasteiger partial charge in [-0.3, -0.25) is 0 Å². The monoisotopic (exact) mass is 360 g/mol. The number of carbonyl (C=O) groups excluding carboxylic acids is 1. The minimum Gasteiger partial charge on any atom is -0.496 e. The number of hydrogen-bond acceptors (Lipinski definition) is 3. The average Bonchev–Trinajstić information content (AvgIpc) is 2.61. The van der Waals surface area contributed by atoms with Crippen molar-refractivity contribution in [1.29, 1.82) is 0 Å². The van der Waals surface area contributed by atoms with Crippen molar-refractivity contribution in [1.82, 2.24) is 0 Å². The summed E-state index contributed by atoms with van der Waals surface area (Å²) in [4.78, 5) is 12.4.